The summed E-state index contributed by atoms with van der Waals surface area (Å²) in [6.07, 6.45) is 0. The highest BCUT2D eigenvalue weighted by atomic mass is 79.9. The van der Waals surface area contributed by atoms with E-state index in [0.29, 0.717) is 16.1 Å². The molecule has 0 radical (unpaired) electrons. The summed E-state index contributed by atoms with van der Waals surface area (Å²) in [5.74, 6) is 0.296. The summed E-state index contributed by atoms with van der Waals surface area (Å²) >= 11 is 3.29. The number of sulfonamides is 1. The molecule has 18 heavy (non-hydrogen) atoms. The van der Waals surface area contributed by atoms with Gasteiger partial charge in [0, 0.05) is 7.05 Å². The predicted octanol–water partition coefficient (Wildman–Crippen LogP) is 1.40. The van der Waals surface area contributed by atoms with Gasteiger partial charge in [-0.2, -0.15) is 0 Å². The standard InChI is InChI=1S/C11H14BrN3O2S/c1-8-14-11(2,7-18(16,17)15(8)3)9-5-4-6-10(12)13-9/h4-6,14H,1,7H2,2-3H3/t11-/m0/s1. The van der Waals surface area contributed by atoms with Crippen molar-refractivity contribution in [3.8, 4) is 0 Å². The summed E-state index contributed by atoms with van der Waals surface area (Å²) in [5.41, 5.74) is -0.110. The minimum Gasteiger partial charge on any atom is -0.360 e. The van der Waals surface area contributed by atoms with Crippen LogP contribution in [0.15, 0.2) is 35.2 Å². The summed E-state index contributed by atoms with van der Waals surface area (Å²) in [7, 11) is -1.88. The summed E-state index contributed by atoms with van der Waals surface area (Å²) in [5, 5.41) is 3.11. The molecule has 2 heterocycles. The molecule has 0 unspecified atom stereocenters. The molecule has 98 valence electrons. The summed E-state index contributed by atoms with van der Waals surface area (Å²) < 4.78 is 25.9. The molecule has 0 amide bonds. The molecular weight excluding hydrogens is 318 g/mol. The second-order valence-corrected chi connectivity index (χ2v) is 7.29. The maximum atomic E-state index is 12.1. The molecule has 2 rings (SSSR count). The highest BCUT2D eigenvalue weighted by Gasteiger charge is 2.41. The normalized spacial score (nSPS) is 26.8. The summed E-state index contributed by atoms with van der Waals surface area (Å²) in [6.45, 7) is 5.53. The lowest BCUT2D eigenvalue weighted by Crippen LogP contribution is -2.56. The molecule has 0 bridgehead atoms. The number of pyridine rings is 1. The average molecular weight is 332 g/mol. The molecule has 1 aliphatic heterocycles. The highest BCUT2D eigenvalue weighted by Crippen LogP contribution is 2.29. The molecule has 0 saturated carbocycles. The fraction of sp³-hybridized carbons (Fsp3) is 0.364. The Morgan fingerprint density at radius 1 is 1.56 bits per heavy atom. The fourth-order valence-corrected chi connectivity index (χ4v) is 3.78. The molecule has 1 fully saturated rings. The summed E-state index contributed by atoms with van der Waals surface area (Å²) in [4.78, 5) is 4.32. The van der Waals surface area contributed by atoms with Gasteiger partial charge >= 0.3 is 0 Å². The van der Waals surface area contributed by atoms with Crippen LogP contribution >= 0.6 is 15.9 Å². The number of aromatic nitrogens is 1. The maximum absolute atomic E-state index is 12.1. The first-order valence-corrected chi connectivity index (χ1v) is 7.71. The Bertz CT molecular complexity index is 602. The van der Waals surface area contributed by atoms with Gasteiger partial charge < -0.3 is 5.32 Å². The van der Waals surface area contributed by atoms with Gasteiger partial charge in [-0.1, -0.05) is 12.6 Å². The van der Waals surface area contributed by atoms with Crippen LogP contribution in [-0.4, -0.2) is 30.5 Å². The van der Waals surface area contributed by atoms with Crippen molar-refractivity contribution in [2.24, 2.45) is 0 Å². The third kappa shape index (κ3) is 2.24. The minimum atomic E-state index is -3.36. The topological polar surface area (TPSA) is 62.3 Å². The van der Waals surface area contributed by atoms with Crippen molar-refractivity contribution in [1.82, 2.24) is 14.6 Å². The van der Waals surface area contributed by atoms with Gasteiger partial charge in [0.2, 0.25) is 10.0 Å². The zero-order valence-electron chi connectivity index (χ0n) is 10.1. The minimum absolute atomic E-state index is 0.0566. The van der Waals surface area contributed by atoms with Crippen molar-refractivity contribution in [2.45, 2.75) is 12.5 Å². The van der Waals surface area contributed by atoms with Gasteiger partial charge in [0.25, 0.3) is 0 Å². The second-order valence-electron chi connectivity index (χ2n) is 4.47. The van der Waals surface area contributed by atoms with Crippen LogP contribution in [0.3, 0.4) is 0 Å². The first kappa shape index (κ1) is 13.4. The van der Waals surface area contributed by atoms with E-state index in [2.05, 4.69) is 32.8 Å². The van der Waals surface area contributed by atoms with Crippen LogP contribution < -0.4 is 5.32 Å². The smallest absolute Gasteiger partial charge is 0.238 e. The van der Waals surface area contributed by atoms with Crippen molar-refractivity contribution >= 4 is 26.0 Å². The highest BCUT2D eigenvalue weighted by molar-refractivity contribution is 9.10. The second kappa shape index (κ2) is 4.24. The van der Waals surface area contributed by atoms with Crippen LogP contribution in [0, 0.1) is 0 Å². The Hall–Kier alpha value is -1.08. The van der Waals surface area contributed by atoms with Crippen molar-refractivity contribution < 1.29 is 8.42 Å². The van der Waals surface area contributed by atoms with Crippen LogP contribution in [0.4, 0.5) is 0 Å². The molecule has 0 spiro atoms. The van der Waals surface area contributed by atoms with Crippen LogP contribution in [0.25, 0.3) is 0 Å². The van der Waals surface area contributed by atoms with Gasteiger partial charge in [0.15, 0.2) is 0 Å². The van der Waals surface area contributed by atoms with E-state index in [1.54, 1.807) is 19.1 Å². The first-order chi connectivity index (χ1) is 8.24. The molecule has 1 aromatic heterocycles. The SMILES string of the molecule is C=C1N[C@](C)(c2cccc(Br)n2)CS(=O)(=O)N1C. The van der Waals surface area contributed by atoms with E-state index in [1.165, 1.54) is 7.05 Å². The van der Waals surface area contributed by atoms with Crippen LogP contribution in [0.1, 0.15) is 12.6 Å². The zero-order valence-corrected chi connectivity index (χ0v) is 12.5. The molecule has 1 aliphatic rings. The van der Waals surface area contributed by atoms with Crippen molar-refractivity contribution in [3.63, 3.8) is 0 Å². The molecule has 1 aromatic rings. The largest absolute Gasteiger partial charge is 0.360 e. The molecular formula is C11H14BrN3O2S. The number of hydrogen-bond acceptors (Lipinski definition) is 4. The first-order valence-electron chi connectivity index (χ1n) is 5.31. The number of hydrogen-bond donors (Lipinski definition) is 1. The Morgan fingerprint density at radius 3 is 2.78 bits per heavy atom. The number of nitrogens with zero attached hydrogens (tertiary/aromatic N) is 2. The third-order valence-corrected chi connectivity index (χ3v) is 5.41. The van der Waals surface area contributed by atoms with Gasteiger partial charge in [-0.05, 0) is 35.0 Å². The number of halogens is 1. The predicted molar refractivity (Wildman–Crippen MR) is 73.1 cm³/mol. The monoisotopic (exact) mass is 331 g/mol. The molecule has 7 heteroatoms. The Balaban J connectivity index is 2.47. The lowest BCUT2D eigenvalue weighted by molar-refractivity contribution is 0.350. The van der Waals surface area contributed by atoms with Crippen molar-refractivity contribution in [3.05, 3.63) is 40.9 Å². The molecule has 5 nitrogen and oxygen atoms in total. The molecule has 0 aromatic carbocycles. The van der Waals surface area contributed by atoms with E-state index in [-0.39, 0.29) is 5.75 Å². The quantitative estimate of drug-likeness (QED) is 0.790. The van der Waals surface area contributed by atoms with Crippen molar-refractivity contribution in [2.75, 3.05) is 12.8 Å². The lowest BCUT2D eigenvalue weighted by Gasteiger charge is -2.40. The Morgan fingerprint density at radius 2 is 2.22 bits per heavy atom. The lowest BCUT2D eigenvalue weighted by atomic mass is 9.99. The third-order valence-electron chi connectivity index (χ3n) is 2.97. The molecule has 1 saturated heterocycles. The summed E-state index contributed by atoms with van der Waals surface area (Å²) in [6, 6.07) is 5.42. The fourth-order valence-electron chi connectivity index (χ4n) is 1.92. The van der Waals surface area contributed by atoms with Crippen LogP contribution in [0.2, 0.25) is 0 Å². The van der Waals surface area contributed by atoms with E-state index >= 15 is 0 Å². The number of nitrogens with one attached hydrogen (secondary N) is 1. The van der Waals surface area contributed by atoms with E-state index in [4.69, 9.17) is 0 Å². The van der Waals surface area contributed by atoms with Gasteiger partial charge in [-0.3, -0.25) is 4.31 Å². The van der Waals surface area contributed by atoms with Gasteiger partial charge in [-0.15, -0.1) is 0 Å². The van der Waals surface area contributed by atoms with E-state index < -0.39 is 15.6 Å². The van der Waals surface area contributed by atoms with Gasteiger partial charge in [0.1, 0.15) is 10.4 Å². The average Bonchev–Trinajstić information content (AvgIpc) is 2.25. The van der Waals surface area contributed by atoms with E-state index in [9.17, 15) is 8.42 Å². The number of rotatable bonds is 1. The van der Waals surface area contributed by atoms with Crippen LogP contribution in [0.5, 0.6) is 0 Å². The molecule has 1 atom stereocenters. The Kier molecular flexibility index (Phi) is 3.14. The van der Waals surface area contributed by atoms with Gasteiger partial charge in [0.05, 0.1) is 17.0 Å². The van der Waals surface area contributed by atoms with Crippen molar-refractivity contribution in [1.29, 1.82) is 0 Å². The Labute approximate surface area is 115 Å². The van der Waals surface area contributed by atoms with Gasteiger partial charge in [-0.25, -0.2) is 13.4 Å². The maximum Gasteiger partial charge on any atom is 0.238 e. The zero-order chi connectivity index (χ0) is 13.6. The van der Waals surface area contributed by atoms with E-state index in [1.807, 2.05) is 6.07 Å². The van der Waals surface area contributed by atoms with E-state index in [0.717, 1.165) is 4.31 Å². The molecule has 1 N–H and O–H groups in total. The molecule has 0 aliphatic carbocycles. The van der Waals surface area contributed by atoms with Crippen LogP contribution in [-0.2, 0) is 15.6 Å².